The van der Waals surface area contributed by atoms with Crippen LogP contribution < -0.4 is 5.73 Å². The molecule has 1 aromatic carbocycles. The normalized spacial score (nSPS) is 17.4. The largest absolute Gasteiger partial charge is 0.382 e. The van der Waals surface area contributed by atoms with E-state index in [4.69, 9.17) is 15.2 Å². The first kappa shape index (κ1) is 18.8. The van der Waals surface area contributed by atoms with E-state index < -0.39 is 0 Å². The lowest BCUT2D eigenvalue weighted by atomic mass is 10.1. The second-order valence-electron chi connectivity index (χ2n) is 5.15. The molecule has 1 amide bonds. The number of likely N-dealkylation sites (tertiary alicyclic amines) is 1. The van der Waals surface area contributed by atoms with Gasteiger partial charge < -0.3 is 20.1 Å². The third-order valence-electron chi connectivity index (χ3n) is 3.49. The van der Waals surface area contributed by atoms with Crippen LogP contribution in [-0.2, 0) is 16.1 Å². The van der Waals surface area contributed by atoms with Crippen molar-refractivity contribution in [2.45, 2.75) is 19.1 Å². The Morgan fingerprint density at radius 2 is 2.23 bits per heavy atom. The number of hydrogen-bond acceptors (Lipinski definition) is 4. The maximum Gasteiger partial charge on any atom is 0.253 e. The minimum absolute atomic E-state index is 0. The van der Waals surface area contributed by atoms with E-state index in [1.54, 1.807) is 18.1 Å². The third-order valence-corrected chi connectivity index (χ3v) is 3.49. The summed E-state index contributed by atoms with van der Waals surface area (Å²) in [5.74, 6) is -0.483. The number of methoxy groups -OCH3 is 1. The summed E-state index contributed by atoms with van der Waals surface area (Å²) in [6, 6.07) is 4.39. The van der Waals surface area contributed by atoms with Crippen molar-refractivity contribution in [2.24, 2.45) is 5.73 Å². The number of halogens is 2. The monoisotopic (exact) mass is 332 g/mol. The van der Waals surface area contributed by atoms with Crippen LogP contribution in [0.15, 0.2) is 18.2 Å². The number of rotatable bonds is 6. The molecule has 0 bridgehead atoms. The van der Waals surface area contributed by atoms with Crippen molar-refractivity contribution in [1.29, 1.82) is 0 Å². The molecule has 1 aliphatic rings. The van der Waals surface area contributed by atoms with Crippen molar-refractivity contribution in [3.63, 3.8) is 0 Å². The van der Waals surface area contributed by atoms with Crippen molar-refractivity contribution in [1.82, 2.24) is 4.90 Å². The van der Waals surface area contributed by atoms with Crippen molar-refractivity contribution < 1.29 is 18.7 Å². The van der Waals surface area contributed by atoms with Crippen LogP contribution in [0.4, 0.5) is 4.39 Å². The molecule has 1 fully saturated rings. The predicted octanol–water partition coefficient (Wildman–Crippen LogP) is 1.58. The van der Waals surface area contributed by atoms with Gasteiger partial charge in [0, 0.05) is 37.4 Å². The lowest BCUT2D eigenvalue weighted by Crippen LogP contribution is -2.31. The molecule has 0 saturated carbocycles. The number of benzene rings is 1. The maximum absolute atomic E-state index is 13.7. The second-order valence-corrected chi connectivity index (χ2v) is 5.15. The first-order chi connectivity index (χ1) is 10.1. The molecule has 1 heterocycles. The highest BCUT2D eigenvalue weighted by Gasteiger charge is 2.24. The van der Waals surface area contributed by atoms with Gasteiger partial charge in [0.25, 0.3) is 5.91 Å². The Morgan fingerprint density at radius 1 is 1.45 bits per heavy atom. The minimum Gasteiger partial charge on any atom is -0.382 e. The van der Waals surface area contributed by atoms with E-state index in [0.717, 1.165) is 6.42 Å². The van der Waals surface area contributed by atoms with E-state index in [2.05, 4.69) is 0 Å². The number of ether oxygens (including phenoxy) is 2. The Labute approximate surface area is 136 Å². The van der Waals surface area contributed by atoms with Gasteiger partial charge in [0.05, 0.1) is 19.8 Å². The van der Waals surface area contributed by atoms with Crippen LogP contribution in [0.3, 0.4) is 0 Å². The summed E-state index contributed by atoms with van der Waals surface area (Å²) in [6.45, 7) is 2.16. The summed E-state index contributed by atoms with van der Waals surface area (Å²) < 4.78 is 23.9. The molecule has 5 nitrogen and oxygen atoms in total. The van der Waals surface area contributed by atoms with Gasteiger partial charge in [-0.3, -0.25) is 4.79 Å². The van der Waals surface area contributed by atoms with Crippen molar-refractivity contribution in [3.8, 4) is 0 Å². The average molecular weight is 333 g/mol. The highest BCUT2D eigenvalue weighted by molar-refractivity contribution is 5.94. The molecule has 0 radical (unpaired) electrons. The fourth-order valence-electron chi connectivity index (χ4n) is 2.30. The molecule has 1 aromatic rings. The highest BCUT2D eigenvalue weighted by atomic mass is 35.5. The SMILES string of the molecule is COCCOCc1cc(C(=O)N2CC[C@@H](N)C2)ccc1F.Cl. The number of nitrogens with two attached hydrogens (primary N) is 1. The van der Waals surface area contributed by atoms with Crippen LogP contribution in [0.1, 0.15) is 22.3 Å². The van der Waals surface area contributed by atoms with Crippen LogP contribution in [0, 0.1) is 5.82 Å². The van der Waals surface area contributed by atoms with Gasteiger partial charge >= 0.3 is 0 Å². The van der Waals surface area contributed by atoms with Crippen LogP contribution in [-0.4, -0.2) is 50.3 Å². The molecule has 124 valence electrons. The number of carbonyl (C=O) groups excluding carboxylic acids is 1. The molecule has 1 saturated heterocycles. The van der Waals surface area contributed by atoms with Crippen molar-refractivity contribution >= 4 is 18.3 Å². The first-order valence-electron chi connectivity index (χ1n) is 7.01. The van der Waals surface area contributed by atoms with Crippen LogP contribution in [0.5, 0.6) is 0 Å². The quantitative estimate of drug-likeness (QED) is 0.803. The first-order valence-corrected chi connectivity index (χ1v) is 7.01. The highest BCUT2D eigenvalue weighted by Crippen LogP contribution is 2.16. The lowest BCUT2D eigenvalue weighted by Gasteiger charge is -2.16. The van der Waals surface area contributed by atoms with Gasteiger partial charge in [0.15, 0.2) is 0 Å². The number of amides is 1. The summed E-state index contributed by atoms with van der Waals surface area (Å²) >= 11 is 0. The van der Waals surface area contributed by atoms with E-state index in [1.807, 2.05) is 0 Å². The zero-order valence-electron chi connectivity index (χ0n) is 12.6. The van der Waals surface area contributed by atoms with Gasteiger partial charge in [0.1, 0.15) is 5.82 Å². The number of hydrogen-bond donors (Lipinski definition) is 1. The Balaban J connectivity index is 0.00000242. The van der Waals surface area contributed by atoms with Gasteiger partial charge in [-0.1, -0.05) is 0 Å². The smallest absolute Gasteiger partial charge is 0.253 e. The molecule has 2 rings (SSSR count). The molecule has 0 spiro atoms. The van der Waals surface area contributed by atoms with Crippen LogP contribution in [0.25, 0.3) is 0 Å². The lowest BCUT2D eigenvalue weighted by molar-refractivity contribution is 0.0603. The molecular formula is C15H22ClFN2O3. The molecule has 22 heavy (non-hydrogen) atoms. The van der Waals surface area contributed by atoms with Gasteiger partial charge in [-0.05, 0) is 24.6 Å². The van der Waals surface area contributed by atoms with Gasteiger partial charge in [0.2, 0.25) is 0 Å². The molecule has 1 aliphatic heterocycles. The van der Waals surface area contributed by atoms with E-state index in [0.29, 0.717) is 37.4 Å². The van der Waals surface area contributed by atoms with E-state index in [-0.39, 0.29) is 36.8 Å². The van der Waals surface area contributed by atoms with Crippen LogP contribution >= 0.6 is 12.4 Å². The summed E-state index contributed by atoms with van der Waals surface area (Å²) in [5, 5.41) is 0. The Kier molecular flexibility index (Phi) is 7.75. The second kappa shape index (κ2) is 9.05. The zero-order chi connectivity index (χ0) is 15.2. The topological polar surface area (TPSA) is 64.8 Å². The Bertz CT molecular complexity index is 502. The number of nitrogens with zero attached hydrogens (tertiary/aromatic N) is 1. The summed E-state index contributed by atoms with van der Waals surface area (Å²) in [7, 11) is 1.57. The molecule has 0 unspecified atom stereocenters. The third kappa shape index (κ3) is 4.91. The van der Waals surface area contributed by atoms with E-state index >= 15 is 0 Å². The fourth-order valence-corrected chi connectivity index (χ4v) is 2.30. The molecule has 7 heteroatoms. The zero-order valence-corrected chi connectivity index (χ0v) is 13.4. The summed E-state index contributed by atoms with van der Waals surface area (Å²) in [5.41, 5.74) is 6.65. The maximum atomic E-state index is 13.7. The summed E-state index contributed by atoms with van der Waals surface area (Å²) in [4.78, 5) is 14.0. The standard InChI is InChI=1S/C15H21FN2O3.ClH/c1-20-6-7-21-10-12-8-11(2-3-14(12)16)15(19)18-5-4-13(17)9-18;/h2-3,8,13H,4-7,9-10,17H2,1H3;1H/t13-;/m1./s1. The molecule has 0 aromatic heterocycles. The predicted molar refractivity (Wildman–Crippen MR) is 83.7 cm³/mol. The molecular weight excluding hydrogens is 311 g/mol. The van der Waals surface area contributed by atoms with Crippen molar-refractivity contribution in [3.05, 3.63) is 35.1 Å². The summed E-state index contributed by atoms with van der Waals surface area (Å²) in [6.07, 6.45) is 0.805. The van der Waals surface area contributed by atoms with E-state index in [9.17, 15) is 9.18 Å². The molecule has 1 atom stereocenters. The van der Waals surface area contributed by atoms with Crippen LogP contribution in [0.2, 0.25) is 0 Å². The minimum atomic E-state index is -0.373. The Hall–Kier alpha value is -1.21. The average Bonchev–Trinajstić information content (AvgIpc) is 2.91. The number of carbonyl (C=O) groups is 1. The van der Waals surface area contributed by atoms with Crippen molar-refractivity contribution in [2.75, 3.05) is 33.4 Å². The fraction of sp³-hybridized carbons (Fsp3) is 0.533. The van der Waals surface area contributed by atoms with Gasteiger partial charge in [-0.25, -0.2) is 4.39 Å². The Morgan fingerprint density at radius 3 is 2.86 bits per heavy atom. The van der Waals surface area contributed by atoms with E-state index in [1.165, 1.54) is 12.1 Å². The van der Waals surface area contributed by atoms with Gasteiger partial charge in [-0.15, -0.1) is 12.4 Å². The van der Waals surface area contributed by atoms with Gasteiger partial charge in [-0.2, -0.15) is 0 Å². The molecule has 0 aliphatic carbocycles. The molecule has 2 N–H and O–H groups in total.